The van der Waals surface area contributed by atoms with Gasteiger partial charge in [-0.1, -0.05) is 13.3 Å². The van der Waals surface area contributed by atoms with Crippen molar-refractivity contribution < 1.29 is 13.2 Å². The van der Waals surface area contributed by atoms with Crippen LogP contribution in [0.1, 0.15) is 70.3 Å². The van der Waals surface area contributed by atoms with E-state index in [2.05, 4.69) is 16.5 Å². The summed E-state index contributed by atoms with van der Waals surface area (Å²) < 4.78 is 29.2. The lowest BCUT2D eigenvalue weighted by Crippen LogP contribution is -2.60. The van der Waals surface area contributed by atoms with Crippen molar-refractivity contribution >= 4 is 15.9 Å². The number of hydrogen-bond acceptors (Lipinski definition) is 4. The van der Waals surface area contributed by atoms with Gasteiger partial charge < -0.3 is 4.90 Å². The van der Waals surface area contributed by atoms with Gasteiger partial charge in [-0.25, -0.2) is 13.1 Å². The average molecular weight is 430 g/mol. The summed E-state index contributed by atoms with van der Waals surface area (Å²) in [6.45, 7) is 3.01. The highest BCUT2D eigenvalue weighted by Gasteiger charge is 2.56. The van der Waals surface area contributed by atoms with Crippen LogP contribution in [0.3, 0.4) is 0 Å². The maximum atomic E-state index is 13.1. The molecule has 2 heterocycles. The van der Waals surface area contributed by atoms with Gasteiger partial charge in [0.15, 0.2) is 0 Å². The quantitative estimate of drug-likeness (QED) is 0.775. The SMILES string of the molecule is CCC[C@H]1[C@@H](NS(=O)(=O)c2ccc(C#N)cc2)CC[C@@]23CCCN2C(=O)CCC[C@@H]13. The molecule has 3 aliphatic rings. The Kier molecular flexibility index (Phi) is 5.91. The van der Waals surface area contributed by atoms with Crippen LogP contribution in [0, 0.1) is 23.2 Å². The molecule has 30 heavy (non-hydrogen) atoms. The maximum Gasteiger partial charge on any atom is 0.240 e. The minimum Gasteiger partial charge on any atom is -0.337 e. The topological polar surface area (TPSA) is 90.3 Å². The second-order valence-corrected chi connectivity index (χ2v) is 10.8. The van der Waals surface area contributed by atoms with E-state index in [4.69, 9.17) is 5.26 Å². The largest absolute Gasteiger partial charge is 0.337 e. The van der Waals surface area contributed by atoms with Crippen molar-refractivity contribution in [2.75, 3.05) is 6.54 Å². The van der Waals surface area contributed by atoms with Crippen molar-refractivity contribution in [1.82, 2.24) is 9.62 Å². The molecule has 162 valence electrons. The van der Waals surface area contributed by atoms with Crippen LogP contribution in [0.25, 0.3) is 0 Å². The minimum atomic E-state index is -3.66. The first kappa shape index (κ1) is 21.3. The maximum absolute atomic E-state index is 13.1. The number of rotatable bonds is 5. The van der Waals surface area contributed by atoms with Crippen molar-refractivity contribution in [1.29, 1.82) is 5.26 Å². The van der Waals surface area contributed by atoms with Crippen LogP contribution in [0.2, 0.25) is 0 Å². The minimum absolute atomic E-state index is 0.0657. The monoisotopic (exact) mass is 429 g/mol. The van der Waals surface area contributed by atoms with E-state index < -0.39 is 10.0 Å². The van der Waals surface area contributed by atoms with Crippen LogP contribution >= 0.6 is 0 Å². The summed E-state index contributed by atoms with van der Waals surface area (Å²) in [5, 5.41) is 8.97. The molecule has 1 amide bonds. The second kappa shape index (κ2) is 8.32. The third kappa shape index (κ3) is 3.65. The van der Waals surface area contributed by atoms with Gasteiger partial charge in [-0.05, 0) is 81.0 Å². The molecule has 7 heteroatoms. The predicted octanol–water partition coefficient (Wildman–Crippen LogP) is 3.58. The van der Waals surface area contributed by atoms with E-state index in [1.165, 1.54) is 12.1 Å². The average Bonchev–Trinajstić information content (AvgIpc) is 3.11. The number of benzene rings is 1. The molecule has 1 aliphatic carbocycles. The molecular formula is C23H31N3O3S. The zero-order valence-electron chi connectivity index (χ0n) is 17.6. The van der Waals surface area contributed by atoms with E-state index >= 15 is 0 Å². The Morgan fingerprint density at radius 3 is 2.67 bits per heavy atom. The standard InChI is InChI=1S/C23H31N3O3S/c1-2-5-19-20-6-3-7-22(27)26-15-4-13-23(20,26)14-12-21(19)25-30(28,29)18-10-8-17(16-24)9-11-18/h8-11,19-21,25H,2-7,12-15H2,1H3/t19-,20+,21+,23-/m1/s1. The number of carbonyl (C=O) groups is 1. The van der Waals surface area contributed by atoms with Gasteiger partial charge in [-0.15, -0.1) is 0 Å². The summed E-state index contributed by atoms with van der Waals surface area (Å²) in [5.74, 6) is 0.888. The molecule has 1 aromatic rings. The predicted molar refractivity (Wildman–Crippen MR) is 114 cm³/mol. The lowest BCUT2D eigenvalue weighted by molar-refractivity contribution is -0.138. The molecule has 6 nitrogen and oxygen atoms in total. The van der Waals surface area contributed by atoms with E-state index in [-0.39, 0.29) is 22.4 Å². The van der Waals surface area contributed by atoms with Gasteiger partial charge in [0, 0.05) is 24.5 Å². The van der Waals surface area contributed by atoms with Gasteiger partial charge in [-0.3, -0.25) is 4.79 Å². The van der Waals surface area contributed by atoms with E-state index in [9.17, 15) is 13.2 Å². The summed E-state index contributed by atoms with van der Waals surface area (Å²) in [6, 6.07) is 8.00. The molecule has 1 N–H and O–H groups in total. The van der Waals surface area contributed by atoms with Crippen LogP contribution in [-0.2, 0) is 14.8 Å². The summed E-state index contributed by atoms with van der Waals surface area (Å²) in [4.78, 5) is 15.1. The first-order valence-corrected chi connectivity index (χ1v) is 12.7. The van der Waals surface area contributed by atoms with Crippen molar-refractivity contribution in [3.8, 4) is 6.07 Å². The Bertz CT molecular complexity index is 937. The zero-order valence-corrected chi connectivity index (χ0v) is 18.5. The first-order valence-electron chi connectivity index (χ1n) is 11.2. The number of carbonyl (C=O) groups excluding carboxylic acids is 1. The number of sulfonamides is 1. The van der Waals surface area contributed by atoms with E-state index in [0.29, 0.717) is 23.8 Å². The molecule has 2 saturated heterocycles. The van der Waals surface area contributed by atoms with E-state index in [0.717, 1.165) is 57.9 Å². The summed E-state index contributed by atoms with van der Waals surface area (Å²) in [5.41, 5.74) is 0.381. The third-order valence-electron chi connectivity index (χ3n) is 7.57. The van der Waals surface area contributed by atoms with Gasteiger partial charge in [0.2, 0.25) is 15.9 Å². The molecular weight excluding hydrogens is 398 g/mol. The van der Waals surface area contributed by atoms with Gasteiger partial charge >= 0.3 is 0 Å². The van der Waals surface area contributed by atoms with E-state index in [1.54, 1.807) is 12.1 Å². The van der Waals surface area contributed by atoms with Crippen molar-refractivity contribution in [2.45, 2.75) is 81.2 Å². The fourth-order valence-electron chi connectivity index (χ4n) is 6.35. The van der Waals surface area contributed by atoms with Gasteiger partial charge in [0.25, 0.3) is 0 Å². The van der Waals surface area contributed by atoms with Crippen LogP contribution in [0.5, 0.6) is 0 Å². The fourth-order valence-corrected chi connectivity index (χ4v) is 7.67. The normalized spacial score (nSPS) is 31.5. The summed E-state index contributed by atoms with van der Waals surface area (Å²) >= 11 is 0. The Hall–Kier alpha value is -1.91. The number of nitriles is 1. The molecule has 1 aromatic carbocycles. The van der Waals surface area contributed by atoms with Crippen molar-refractivity contribution in [3.05, 3.63) is 29.8 Å². The smallest absolute Gasteiger partial charge is 0.240 e. The molecule has 4 rings (SSSR count). The van der Waals surface area contributed by atoms with Crippen molar-refractivity contribution in [3.63, 3.8) is 0 Å². The van der Waals surface area contributed by atoms with Crippen LogP contribution in [-0.4, -0.2) is 37.4 Å². The molecule has 0 radical (unpaired) electrons. The highest BCUT2D eigenvalue weighted by atomic mass is 32.2. The summed E-state index contributed by atoms with van der Waals surface area (Å²) in [7, 11) is -3.66. The molecule has 0 aromatic heterocycles. The first-order chi connectivity index (χ1) is 14.4. The molecule has 0 bridgehead atoms. The highest BCUT2D eigenvalue weighted by molar-refractivity contribution is 7.89. The number of hydrogen-bond donors (Lipinski definition) is 1. The molecule has 1 saturated carbocycles. The molecule has 3 fully saturated rings. The Morgan fingerprint density at radius 1 is 1.20 bits per heavy atom. The zero-order chi connectivity index (χ0) is 21.4. The van der Waals surface area contributed by atoms with Crippen LogP contribution in [0.15, 0.2) is 29.2 Å². The van der Waals surface area contributed by atoms with E-state index in [1.807, 2.05) is 6.07 Å². The second-order valence-electron chi connectivity index (χ2n) is 9.11. The Morgan fingerprint density at radius 2 is 1.97 bits per heavy atom. The number of nitrogens with one attached hydrogen (secondary N) is 1. The lowest BCUT2D eigenvalue weighted by Gasteiger charge is -2.53. The molecule has 0 unspecified atom stereocenters. The highest BCUT2D eigenvalue weighted by Crippen LogP contribution is 2.52. The third-order valence-corrected chi connectivity index (χ3v) is 9.08. The number of amides is 1. The van der Waals surface area contributed by atoms with Crippen LogP contribution < -0.4 is 4.72 Å². The lowest BCUT2D eigenvalue weighted by atomic mass is 9.61. The Balaban J connectivity index is 1.61. The summed E-state index contributed by atoms with van der Waals surface area (Å²) in [6.07, 6.45) is 8.25. The number of nitrogens with zero attached hydrogens (tertiary/aromatic N) is 2. The molecule has 2 aliphatic heterocycles. The van der Waals surface area contributed by atoms with Gasteiger partial charge in [0.1, 0.15) is 0 Å². The van der Waals surface area contributed by atoms with Gasteiger partial charge in [-0.2, -0.15) is 5.26 Å². The molecule has 1 spiro atoms. The Labute approximate surface area is 179 Å². The molecule has 4 atom stereocenters. The fraction of sp³-hybridized carbons (Fsp3) is 0.652. The van der Waals surface area contributed by atoms with Gasteiger partial charge in [0.05, 0.1) is 16.5 Å². The van der Waals surface area contributed by atoms with Crippen LogP contribution in [0.4, 0.5) is 0 Å². The van der Waals surface area contributed by atoms with Crippen molar-refractivity contribution in [2.24, 2.45) is 11.8 Å².